The van der Waals surface area contributed by atoms with Gasteiger partial charge in [-0.05, 0) is 54.3 Å². The number of fused-ring (bicyclic) bond motifs is 1. The highest BCUT2D eigenvalue weighted by atomic mass is 32.2. The zero-order chi connectivity index (χ0) is 19.3. The summed E-state index contributed by atoms with van der Waals surface area (Å²) in [4.78, 5) is 13.3. The van der Waals surface area contributed by atoms with Gasteiger partial charge in [0.05, 0.1) is 17.9 Å². The molecule has 2 heterocycles. The van der Waals surface area contributed by atoms with Crippen molar-refractivity contribution in [3.8, 4) is 5.69 Å². The number of urea groups is 1. The van der Waals surface area contributed by atoms with E-state index in [1.807, 2.05) is 47.4 Å². The predicted octanol–water partition coefficient (Wildman–Crippen LogP) is 4.09. The minimum absolute atomic E-state index is 0.159. The molecule has 1 aromatic heterocycles. The van der Waals surface area contributed by atoms with Crippen molar-refractivity contribution in [2.24, 2.45) is 0 Å². The summed E-state index contributed by atoms with van der Waals surface area (Å²) < 4.78 is 15.4. The maximum absolute atomic E-state index is 13.6. The molecule has 4 rings (SSSR count). The van der Waals surface area contributed by atoms with E-state index in [9.17, 15) is 9.18 Å². The van der Waals surface area contributed by atoms with Gasteiger partial charge in [-0.15, -0.1) is 11.8 Å². The summed E-state index contributed by atoms with van der Waals surface area (Å²) in [5, 5.41) is 10.2. The second kappa shape index (κ2) is 8.48. The van der Waals surface area contributed by atoms with Gasteiger partial charge in [0.25, 0.3) is 0 Å². The van der Waals surface area contributed by atoms with Crippen LogP contribution in [0.3, 0.4) is 0 Å². The highest BCUT2D eigenvalue weighted by Gasteiger charge is 2.22. The van der Waals surface area contributed by atoms with Crippen molar-refractivity contribution in [1.29, 1.82) is 0 Å². The number of nitrogens with one attached hydrogen (secondary N) is 2. The van der Waals surface area contributed by atoms with Gasteiger partial charge in [0.2, 0.25) is 0 Å². The first-order valence-corrected chi connectivity index (χ1v) is 10.2. The zero-order valence-corrected chi connectivity index (χ0v) is 16.1. The van der Waals surface area contributed by atoms with Gasteiger partial charge in [-0.1, -0.05) is 18.2 Å². The lowest BCUT2D eigenvalue weighted by Gasteiger charge is -2.26. The van der Waals surface area contributed by atoms with E-state index < -0.39 is 0 Å². The Bertz CT molecular complexity index is 960. The average molecular weight is 396 g/mol. The third kappa shape index (κ3) is 4.36. The van der Waals surface area contributed by atoms with Crippen LogP contribution in [0.5, 0.6) is 0 Å². The summed E-state index contributed by atoms with van der Waals surface area (Å²) in [6.07, 6.45) is 5.25. The molecule has 28 heavy (non-hydrogen) atoms. The molecular weight excluding hydrogens is 375 g/mol. The summed E-state index contributed by atoms with van der Waals surface area (Å²) >= 11 is 1.70. The molecule has 0 aliphatic carbocycles. The fourth-order valence-electron chi connectivity index (χ4n) is 3.26. The monoisotopic (exact) mass is 396 g/mol. The molecule has 0 fully saturated rings. The second-order valence-corrected chi connectivity index (χ2v) is 7.79. The molecule has 5 nitrogen and oxygen atoms in total. The van der Waals surface area contributed by atoms with Gasteiger partial charge in [-0.2, -0.15) is 5.10 Å². The lowest BCUT2D eigenvalue weighted by atomic mass is 10.0. The molecule has 7 heteroatoms. The fraction of sp³-hybridized carbons (Fsp3) is 0.238. The van der Waals surface area contributed by atoms with Crippen LogP contribution in [-0.2, 0) is 6.42 Å². The van der Waals surface area contributed by atoms with Crippen molar-refractivity contribution >= 4 is 17.8 Å². The van der Waals surface area contributed by atoms with Gasteiger partial charge in [0.1, 0.15) is 5.82 Å². The number of amides is 2. The van der Waals surface area contributed by atoms with Crippen LogP contribution >= 0.6 is 11.8 Å². The summed E-state index contributed by atoms with van der Waals surface area (Å²) in [5.41, 5.74) is 2.90. The molecule has 1 aliphatic rings. The van der Waals surface area contributed by atoms with Crippen LogP contribution in [0.15, 0.2) is 65.8 Å². The topological polar surface area (TPSA) is 59.0 Å². The standard InChI is InChI=1S/C21H21FN4OS/c22-16-6-7-20-18(12-16)19(9-11-28-20)25-21(27)23-10-8-15-13-24-26(14-15)17-4-2-1-3-5-17/h1-7,12-14,19H,8-11H2,(H2,23,25,27). The Hall–Kier alpha value is -2.80. The normalized spacial score (nSPS) is 15.7. The van der Waals surface area contributed by atoms with E-state index in [1.165, 1.54) is 12.1 Å². The molecule has 0 saturated carbocycles. The number of hydrogen-bond acceptors (Lipinski definition) is 3. The third-order valence-corrected chi connectivity index (χ3v) is 5.80. The van der Waals surface area contributed by atoms with Crippen molar-refractivity contribution in [3.05, 3.63) is 77.9 Å². The number of benzene rings is 2. The Morgan fingerprint density at radius 2 is 2.11 bits per heavy atom. The van der Waals surface area contributed by atoms with Gasteiger partial charge in [-0.25, -0.2) is 13.9 Å². The van der Waals surface area contributed by atoms with Crippen molar-refractivity contribution in [2.45, 2.75) is 23.8 Å². The maximum atomic E-state index is 13.6. The van der Waals surface area contributed by atoms with E-state index in [0.29, 0.717) is 13.0 Å². The summed E-state index contributed by atoms with van der Waals surface area (Å²) in [5.74, 6) is 0.631. The first kappa shape index (κ1) is 18.6. The molecule has 1 unspecified atom stereocenters. The maximum Gasteiger partial charge on any atom is 0.315 e. The number of nitrogens with zero attached hydrogens (tertiary/aromatic N) is 2. The molecule has 1 aliphatic heterocycles. The highest BCUT2D eigenvalue weighted by Crippen LogP contribution is 2.36. The van der Waals surface area contributed by atoms with Gasteiger partial charge in [0.15, 0.2) is 0 Å². The molecule has 0 radical (unpaired) electrons. The lowest BCUT2D eigenvalue weighted by Crippen LogP contribution is -2.39. The molecule has 2 amide bonds. The molecule has 1 atom stereocenters. The minimum atomic E-state index is -0.274. The van der Waals surface area contributed by atoms with Crippen molar-refractivity contribution in [2.75, 3.05) is 12.3 Å². The van der Waals surface area contributed by atoms with Crippen molar-refractivity contribution in [1.82, 2.24) is 20.4 Å². The average Bonchev–Trinajstić information content (AvgIpc) is 3.18. The van der Waals surface area contributed by atoms with E-state index in [1.54, 1.807) is 17.8 Å². The van der Waals surface area contributed by atoms with Gasteiger partial charge in [0, 0.05) is 23.4 Å². The van der Waals surface area contributed by atoms with Crippen molar-refractivity contribution in [3.63, 3.8) is 0 Å². The van der Waals surface area contributed by atoms with Gasteiger partial charge < -0.3 is 10.6 Å². The largest absolute Gasteiger partial charge is 0.338 e. The van der Waals surface area contributed by atoms with Crippen LogP contribution in [0.4, 0.5) is 9.18 Å². The van der Waals surface area contributed by atoms with E-state index in [-0.39, 0.29) is 17.9 Å². The van der Waals surface area contributed by atoms with Crippen LogP contribution in [0, 0.1) is 5.82 Å². The molecule has 0 spiro atoms. The first-order valence-electron chi connectivity index (χ1n) is 9.24. The molecule has 0 saturated heterocycles. The Morgan fingerprint density at radius 1 is 1.25 bits per heavy atom. The summed E-state index contributed by atoms with van der Waals surface area (Å²) in [7, 11) is 0. The number of rotatable bonds is 5. The van der Waals surface area contributed by atoms with Crippen LogP contribution in [-0.4, -0.2) is 28.1 Å². The van der Waals surface area contributed by atoms with Gasteiger partial charge >= 0.3 is 6.03 Å². The minimum Gasteiger partial charge on any atom is -0.338 e. The first-order chi connectivity index (χ1) is 13.7. The van der Waals surface area contributed by atoms with E-state index in [2.05, 4.69) is 15.7 Å². The number of carbonyl (C=O) groups excluding carboxylic acids is 1. The second-order valence-electron chi connectivity index (χ2n) is 6.65. The molecule has 2 aromatic carbocycles. The van der Waals surface area contributed by atoms with E-state index >= 15 is 0 Å². The molecule has 144 valence electrons. The third-order valence-electron chi connectivity index (χ3n) is 4.67. The number of halogens is 1. The number of para-hydroxylation sites is 1. The van der Waals surface area contributed by atoms with E-state index in [0.717, 1.165) is 33.9 Å². The molecular formula is C21H21FN4OS. The number of carbonyl (C=O) groups is 1. The zero-order valence-electron chi connectivity index (χ0n) is 15.3. The lowest BCUT2D eigenvalue weighted by molar-refractivity contribution is 0.236. The SMILES string of the molecule is O=C(NCCc1cnn(-c2ccccc2)c1)NC1CCSc2ccc(F)cc21. The van der Waals surface area contributed by atoms with Crippen LogP contribution < -0.4 is 10.6 Å². The Labute approximate surface area is 167 Å². The van der Waals surface area contributed by atoms with E-state index in [4.69, 9.17) is 0 Å². The smallest absolute Gasteiger partial charge is 0.315 e. The number of thioether (sulfide) groups is 1. The fourth-order valence-corrected chi connectivity index (χ4v) is 4.36. The predicted molar refractivity (Wildman–Crippen MR) is 108 cm³/mol. The van der Waals surface area contributed by atoms with Crippen LogP contribution in [0.1, 0.15) is 23.6 Å². The highest BCUT2D eigenvalue weighted by molar-refractivity contribution is 7.99. The molecule has 2 N–H and O–H groups in total. The van der Waals surface area contributed by atoms with Crippen molar-refractivity contribution < 1.29 is 9.18 Å². The Balaban J connectivity index is 1.29. The van der Waals surface area contributed by atoms with Crippen LogP contribution in [0.25, 0.3) is 5.69 Å². The Kier molecular flexibility index (Phi) is 5.62. The summed E-state index contributed by atoms with van der Waals surface area (Å²) in [6.45, 7) is 0.504. The molecule has 3 aromatic rings. The molecule has 0 bridgehead atoms. The van der Waals surface area contributed by atoms with Gasteiger partial charge in [-0.3, -0.25) is 0 Å². The summed E-state index contributed by atoms with van der Waals surface area (Å²) in [6, 6.07) is 14.3. The quantitative estimate of drug-likeness (QED) is 0.683. The number of hydrogen-bond donors (Lipinski definition) is 2. The number of aromatic nitrogens is 2. The Morgan fingerprint density at radius 3 is 2.96 bits per heavy atom. The van der Waals surface area contributed by atoms with Crippen LogP contribution in [0.2, 0.25) is 0 Å².